The number of fused-ring (bicyclic) bond motifs is 1. The van der Waals surface area contributed by atoms with E-state index in [1.165, 1.54) is 0 Å². The molecule has 1 saturated heterocycles. The SMILES string of the molecule is CNC(=O)C(CCC=O)Nc1ccc(C23CCNCC2C3(F)F)cc1C. The van der Waals surface area contributed by atoms with Crippen LogP contribution in [0, 0.1) is 12.8 Å². The van der Waals surface area contributed by atoms with Crippen LogP contribution in [0.5, 0.6) is 0 Å². The van der Waals surface area contributed by atoms with Crippen molar-refractivity contribution in [2.24, 2.45) is 5.92 Å². The summed E-state index contributed by atoms with van der Waals surface area (Å²) in [6.45, 7) is 2.78. The van der Waals surface area contributed by atoms with Crippen LogP contribution in [-0.4, -0.2) is 44.3 Å². The summed E-state index contributed by atoms with van der Waals surface area (Å²) in [7, 11) is 1.54. The lowest BCUT2D eigenvalue weighted by Crippen LogP contribution is -2.38. The molecule has 3 atom stereocenters. The minimum absolute atomic E-state index is 0.207. The number of likely N-dealkylation sites (N-methyl/N-ethyl adjacent to an activating group) is 1. The Balaban J connectivity index is 1.82. The molecule has 1 heterocycles. The number of rotatable bonds is 7. The zero-order valence-electron chi connectivity index (χ0n) is 15.1. The lowest BCUT2D eigenvalue weighted by atomic mass is 9.86. The predicted molar refractivity (Wildman–Crippen MR) is 95.6 cm³/mol. The van der Waals surface area contributed by atoms with E-state index in [-0.39, 0.29) is 12.3 Å². The standard InChI is InChI=1S/C19H25F2N3O2/c1-12-10-13(18-7-8-23-11-16(18)19(18,20)21)5-6-14(12)24-15(4-3-9-25)17(26)22-2/h5-6,9-10,15-16,23-24H,3-4,7-8,11H2,1-2H3,(H,22,26). The molecule has 0 radical (unpaired) electrons. The Morgan fingerprint density at radius 3 is 2.85 bits per heavy atom. The fourth-order valence-corrected chi connectivity index (χ4v) is 4.21. The van der Waals surface area contributed by atoms with Crippen LogP contribution >= 0.6 is 0 Å². The molecule has 2 fully saturated rings. The van der Waals surface area contributed by atoms with Crippen molar-refractivity contribution < 1.29 is 18.4 Å². The number of piperidine rings is 1. The van der Waals surface area contributed by atoms with Crippen LogP contribution in [0.3, 0.4) is 0 Å². The van der Waals surface area contributed by atoms with Gasteiger partial charge in [0.1, 0.15) is 12.3 Å². The summed E-state index contributed by atoms with van der Waals surface area (Å²) < 4.78 is 28.9. The first-order valence-corrected chi connectivity index (χ1v) is 9.00. The molecule has 26 heavy (non-hydrogen) atoms. The molecule has 0 spiro atoms. The summed E-state index contributed by atoms with van der Waals surface area (Å²) in [4.78, 5) is 22.6. The minimum atomic E-state index is -2.67. The number of hydrogen-bond donors (Lipinski definition) is 3. The first kappa shape index (κ1) is 18.8. The van der Waals surface area contributed by atoms with Gasteiger partial charge in [0.25, 0.3) is 5.92 Å². The fraction of sp³-hybridized carbons (Fsp3) is 0.579. The molecule has 0 aromatic heterocycles. The van der Waals surface area contributed by atoms with E-state index < -0.39 is 23.3 Å². The number of carbonyl (C=O) groups excluding carboxylic acids is 2. The van der Waals surface area contributed by atoms with Gasteiger partial charge in [-0.1, -0.05) is 12.1 Å². The maximum absolute atomic E-state index is 14.4. The Hall–Kier alpha value is -2.02. The molecule has 1 aliphatic carbocycles. The van der Waals surface area contributed by atoms with Crippen molar-refractivity contribution in [2.45, 2.75) is 43.6 Å². The first-order valence-electron chi connectivity index (χ1n) is 9.00. The van der Waals surface area contributed by atoms with Crippen LogP contribution in [0.2, 0.25) is 0 Å². The van der Waals surface area contributed by atoms with Gasteiger partial charge in [0.05, 0.1) is 11.3 Å². The van der Waals surface area contributed by atoms with Crippen molar-refractivity contribution in [3.05, 3.63) is 29.3 Å². The third-order valence-corrected chi connectivity index (χ3v) is 5.80. The smallest absolute Gasteiger partial charge is 0.263 e. The van der Waals surface area contributed by atoms with Gasteiger partial charge in [-0.25, -0.2) is 8.78 Å². The van der Waals surface area contributed by atoms with Crippen LogP contribution in [0.15, 0.2) is 18.2 Å². The molecule has 7 heteroatoms. The van der Waals surface area contributed by atoms with Gasteiger partial charge in [-0.3, -0.25) is 4.79 Å². The number of aryl methyl sites for hydroxylation is 1. The summed E-state index contributed by atoms with van der Waals surface area (Å²) >= 11 is 0. The lowest BCUT2D eigenvalue weighted by Gasteiger charge is -2.24. The Bertz CT molecular complexity index is 710. The van der Waals surface area contributed by atoms with Crippen molar-refractivity contribution in [3.8, 4) is 0 Å². The number of anilines is 1. The number of halogens is 2. The van der Waals surface area contributed by atoms with Gasteiger partial charge in [0, 0.05) is 25.7 Å². The van der Waals surface area contributed by atoms with E-state index in [0.29, 0.717) is 31.5 Å². The van der Waals surface area contributed by atoms with Crippen molar-refractivity contribution in [2.75, 3.05) is 25.5 Å². The van der Waals surface area contributed by atoms with Crippen LogP contribution in [0.1, 0.15) is 30.4 Å². The van der Waals surface area contributed by atoms with Crippen LogP contribution in [0.25, 0.3) is 0 Å². The molecule has 0 bridgehead atoms. The average molecular weight is 365 g/mol. The number of alkyl halides is 2. The molecular weight excluding hydrogens is 340 g/mol. The Morgan fingerprint density at radius 2 is 2.23 bits per heavy atom. The number of carbonyl (C=O) groups is 2. The topological polar surface area (TPSA) is 70.2 Å². The third-order valence-electron chi connectivity index (χ3n) is 5.80. The highest BCUT2D eigenvalue weighted by atomic mass is 19.3. The van der Waals surface area contributed by atoms with Gasteiger partial charge in [-0.15, -0.1) is 0 Å². The highest BCUT2D eigenvalue weighted by Gasteiger charge is 2.80. The van der Waals surface area contributed by atoms with E-state index in [1.54, 1.807) is 19.2 Å². The zero-order valence-corrected chi connectivity index (χ0v) is 15.1. The normalized spacial score (nSPS) is 27.2. The maximum atomic E-state index is 14.4. The molecule has 3 N–H and O–H groups in total. The summed E-state index contributed by atoms with van der Waals surface area (Å²) in [5.74, 6) is -3.53. The molecule has 3 rings (SSSR count). The molecule has 2 aliphatic rings. The van der Waals surface area contributed by atoms with E-state index in [2.05, 4.69) is 16.0 Å². The monoisotopic (exact) mass is 365 g/mol. The van der Waals surface area contributed by atoms with Crippen LogP contribution < -0.4 is 16.0 Å². The highest BCUT2D eigenvalue weighted by molar-refractivity contribution is 5.84. The van der Waals surface area contributed by atoms with E-state index in [4.69, 9.17) is 0 Å². The molecule has 142 valence electrons. The Kier molecular flexibility index (Phi) is 5.01. The summed E-state index contributed by atoms with van der Waals surface area (Å²) in [6, 6.07) is 4.78. The fourth-order valence-electron chi connectivity index (χ4n) is 4.21. The van der Waals surface area contributed by atoms with Crippen molar-refractivity contribution in [1.82, 2.24) is 10.6 Å². The molecule has 1 aromatic rings. The number of hydrogen-bond acceptors (Lipinski definition) is 4. The second-order valence-corrected chi connectivity index (χ2v) is 7.19. The summed E-state index contributed by atoms with van der Waals surface area (Å²) in [5.41, 5.74) is 1.15. The average Bonchev–Trinajstić information content (AvgIpc) is 3.16. The molecular formula is C19H25F2N3O2. The maximum Gasteiger partial charge on any atom is 0.263 e. The van der Waals surface area contributed by atoms with Gasteiger partial charge in [0.15, 0.2) is 0 Å². The zero-order chi connectivity index (χ0) is 18.9. The van der Waals surface area contributed by atoms with Crippen LogP contribution in [0.4, 0.5) is 14.5 Å². The van der Waals surface area contributed by atoms with E-state index in [1.807, 2.05) is 13.0 Å². The van der Waals surface area contributed by atoms with Gasteiger partial charge in [-0.05, 0) is 43.5 Å². The Morgan fingerprint density at radius 1 is 1.46 bits per heavy atom. The van der Waals surface area contributed by atoms with Gasteiger partial charge < -0.3 is 20.7 Å². The van der Waals surface area contributed by atoms with Gasteiger partial charge in [-0.2, -0.15) is 0 Å². The molecule has 1 aliphatic heterocycles. The quantitative estimate of drug-likeness (QED) is 0.647. The van der Waals surface area contributed by atoms with Gasteiger partial charge in [0.2, 0.25) is 5.91 Å². The minimum Gasteiger partial charge on any atom is -0.373 e. The van der Waals surface area contributed by atoms with E-state index in [0.717, 1.165) is 17.5 Å². The second-order valence-electron chi connectivity index (χ2n) is 7.19. The van der Waals surface area contributed by atoms with E-state index >= 15 is 0 Å². The van der Waals surface area contributed by atoms with E-state index in [9.17, 15) is 18.4 Å². The van der Waals surface area contributed by atoms with Crippen molar-refractivity contribution in [1.29, 1.82) is 0 Å². The number of nitrogens with one attached hydrogen (secondary N) is 3. The van der Waals surface area contributed by atoms with Crippen LogP contribution in [-0.2, 0) is 15.0 Å². The molecule has 1 amide bonds. The Labute approximate surface area is 151 Å². The summed E-state index contributed by atoms with van der Waals surface area (Å²) in [6.07, 6.45) is 1.85. The third kappa shape index (κ3) is 2.88. The summed E-state index contributed by atoms with van der Waals surface area (Å²) in [5, 5.41) is 8.77. The molecule has 1 saturated carbocycles. The first-order chi connectivity index (χ1) is 12.4. The lowest BCUT2D eigenvalue weighted by molar-refractivity contribution is -0.121. The van der Waals surface area contributed by atoms with Gasteiger partial charge >= 0.3 is 0 Å². The molecule has 1 aromatic carbocycles. The predicted octanol–water partition coefficient (Wildman–Crippen LogP) is 2.00. The number of amides is 1. The molecule has 3 unspecified atom stereocenters. The van der Waals surface area contributed by atoms with Crippen molar-refractivity contribution in [3.63, 3.8) is 0 Å². The highest BCUT2D eigenvalue weighted by Crippen LogP contribution is 2.69. The largest absolute Gasteiger partial charge is 0.373 e. The van der Waals surface area contributed by atoms with Crippen molar-refractivity contribution >= 4 is 17.9 Å². The molecule has 5 nitrogen and oxygen atoms in total. The number of benzene rings is 1. The number of aldehydes is 1. The second kappa shape index (κ2) is 6.95.